The van der Waals surface area contributed by atoms with Gasteiger partial charge in [-0.3, -0.25) is 9.78 Å². The van der Waals surface area contributed by atoms with Gasteiger partial charge in [0.15, 0.2) is 0 Å². The summed E-state index contributed by atoms with van der Waals surface area (Å²) in [6.45, 7) is 0.812. The Bertz CT molecular complexity index is 1010. The maximum absolute atomic E-state index is 10.8. The van der Waals surface area contributed by atoms with Gasteiger partial charge in [-0.05, 0) is 48.7 Å². The number of carboxylic acids is 1. The van der Waals surface area contributed by atoms with Crippen molar-refractivity contribution < 1.29 is 9.90 Å². The van der Waals surface area contributed by atoms with E-state index in [0.29, 0.717) is 6.42 Å². The number of unbranched alkanes of at least 4 members (excludes halogenated alkanes) is 1. The van der Waals surface area contributed by atoms with Gasteiger partial charge in [0.25, 0.3) is 0 Å². The highest BCUT2D eigenvalue weighted by atomic mass is 32.2. The number of anilines is 1. The number of aromatic nitrogens is 1. The SMILES string of the molecule is O=C(O)CCCCN1/C(=C/c2ccnc3ccccc23)Sc2ccccc21. The molecule has 0 aliphatic carbocycles. The molecule has 3 aromatic rings. The first kappa shape index (κ1) is 17.6. The highest BCUT2D eigenvalue weighted by Crippen LogP contribution is 2.46. The number of nitrogens with zero attached hydrogens (tertiary/aromatic N) is 2. The van der Waals surface area contributed by atoms with Gasteiger partial charge in [0.05, 0.1) is 16.2 Å². The molecule has 1 aliphatic rings. The average molecular weight is 376 g/mol. The minimum absolute atomic E-state index is 0.219. The third-order valence-electron chi connectivity index (χ3n) is 4.62. The van der Waals surface area contributed by atoms with Crippen molar-refractivity contribution in [3.63, 3.8) is 0 Å². The normalized spacial score (nSPS) is 14.7. The zero-order valence-electron chi connectivity index (χ0n) is 14.8. The molecule has 0 spiro atoms. The lowest BCUT2D eigenvalue weighted by atomic mass is 10.1. The molecule has 4 rings (SSSR count). The Hall–Kier alpha value is -2.79. The van der Waals surface area contributed by atoms with Gasteiger partial charge in [-0.25, -0.2) is 0 Å². The van der Waals surface area contributed by atoms with Crippen LogP contribution in [0.15, 0.2) is 70.7 Å². The molecule has 27 heavy (non-hydrogen) atoms. The third-order valence-corrected chi connectivity index (χ3v) is 5.73. The summed E-state index contributed by atoms with van der Waals surface area (Å²) in [6, 6.07) is 18.6. The minimum atomic E-state index is -0.731. The highest BCUT2D eigenvalue weighted by Gasteiger charge is 2.24. The van der Waals surface area contributed by atoms with Crippen molar-refractivity contribution in [2.75, 3.05) is 11.4 Å². The molecule has 0 bridgehead atoms. The van der Waals surface area contributed by atoms with Crippen LogP contribution in [0.1, 0.15) is 24.8 Å². The van der Waals surface area contributed by atoms with E-state index in [2.05, 4.69) is 46.3 Å². The minimum Gasteiger partial charge on any atom is -0.481 e. The van der Waals surface area contributed by atoms with Crippen LogP contribution < -0.4 is 4.90 Å². The van der Waals surface area contributed by atoms with E-state index in [9.17, 15) is 4.79 Å². The molecule has 0 saturated heterocycles. The van der Waals surface area contributed by atoms with Crippen molar-refractivity contribution in [2.24, 2.45) is 0 Å². The standard InChI is InChI=1S/C22H20N2O2S/c25-22(26)11-5-6-14-24-19-9-3-4-10-20(19)27-21(24)15-16-12-13-23-18-8-2-1-7-17(16)18/h1-4,7-10,12-13,15H,5-6,11,14H2,(H,25,26)/b21-15-. The van der Waals surface area contributed by atoms with Crippen molar-refractivity contribution in [3.05, 3.63) is 71.4 Å². The Balaban J connectivity index is 1.65. The average Bonchev–Trinajstić information content (AvgIpc) is 3.02. The van der Waals surface area contributed by atoms with Crippen molar-refractivity contribution >= 4 is 40.4 Å². The molecule has 0 unspecified atom stereocenters. The molecule has 1 aliphatic heterocycles. The number of thioether (sulfide) groups is 1. The van der Waals surface area contributed by atoms with Gasteiger partial charge >= 0.3 is 5.97 Å². The number of pyridine rings is 1. The van der Waals surface area contributed by atoms with Crippen LogP contribution in [0.2, 0.25) is 0 Å². The molecule has 0 atom stereocenters. The van der Waals surface area contributed by atoms with Gasteiger partial charge < -0.3 is 10.0 Å². The highest BCUT2D eigenvalue weighted by molar-refractivity contribution is 8.03. The van der Waals surface area contributed by atoms with E-state index < -0.39 is 5.97 Å². The number of carboxylic acid groups (broad SMARTS) is 1. The topological polar surface area (TPSA) is 53.4 Å². The van der Waals surface area contributed by atoms with Crippen molar-refractivity contribution in [2.45, 2.75) is 24.2 Å². The van der Waals surface area contributed by atoms with E-state index >= 15 is 0 Å². The molecule has 2 heterocycles. The summed E-state index contributed by atoms with van der Waals surface area (Å²) < 4.78 is 0. The summed E-state index contributed by atoms with van der Waals surface area (Å²) in [5.74, 6) is -0.731. The lowest BCUT2D eigenvalue weighted by Gasteiger charge is -2.20. The van der Waals surface area contributed by atoms with Gasteiger partial charge in [0.2, 0.25) is 0 Å². The number of benzene rings is 2. The van der Waals surface area contributed by atoms with E-state index in [1.54, 1.807) is 11.8 Å². The fourth-order valence-corrected chi connectivity index (χ4v) is 4.45. The Morgan fingerprint density at radius 1 is 1.07 bits per heavy atom. The van der Waals surface area contributed by atoms with Crippen LogP contribution >= 0.6 is 11.8 Å². The maximum atomic E-state index is 10.8. The molecule has 4 nitrogen and oxygen atoms in total. The number of carbonyl (C=O) groups is 1. The molecule has 0 amide bonds. The van der Waals surface area contributed by atoms with Crippen molar-refractivity contribution in [3.8, 4) is 0 Å². The fraction of sp³-hybridized carbons (Fsp3) is 0.182. The summed E-state index contributed by atoms with van der Waals surface area (Å²) in [6.07, 6.45) is 5.81. The van der Waals surface area contributed by atoms with E-state index in [4.69, 9.17) is 5.11 Å². The van der Waals surface area contributed by atoms with Gasteiger partial charge in [0, 0.05) is 29.4 Å². The van der Waals surface area contributed by atoms with Gasteiger partial charge in [0.1, 0.15) is 0 Å². The summed E-state index contributed by atoms with van der Waals surface area (Å²) in [5, 5.41) is 11.2. The third kappa shape index (κ3) is 3.83. The molecule has 0 saturated carbocycles. The van der Waals surface area contributed by atoms with Crippen LogP contribution in [-0.4, -0.2) is 22.6 Å². The Morgan fingerprint density at radius 2 is 1.89 bits per heavy atom. The first-order valence-corrected chi connectivity index (χ1v) is 9.86. The van der Waals surface area contributed by atoms with E-state index in [0.717, 1.165) is 29.4 Å². The maximum Gasteiger partial charge on any atom is 0.303 e. The van der Waals surface area contributed by atoms with Crippen molar-refractivity contribution in [1.82, 2.24) is 4.98 Å². The van der Waals surface area contributed by atoms with Crippen LogP contribution in [0.25, 0.3) is 17.0 Å². The van der Waals surface area contributed by atoms with Crippen LogP contribution in [0.5, 0.6) is 0 Å². The monoisotopic (exact) mass is 376 g/mol. The van der Waals surface area contributed by atoms with Gasteiger partial charge in [-0.2, -0.15) is 0 Å². The Morgan fingerprint density at radius 3 is 2.78 bits per heavy atom. The second-order valence-electron chi connectivity index (χ2n) is 6.47. The Labute approximate surface area is 162 Å². The lowest BCUT2D eigenvalue weighted by Crippen LogP contribution is -2.19. The number of hydrogen-bond donors (Lipinski definition) is 1. The molecule has 1 aromatic heterocycles. The van der Waals surface area contributed by atoms with Crippen LogP contribution in [0, 0.1) is 0 Å². The smallest absolute Gasteiger partial charge is 0.303 e. The molecular formula is C22H20N2O2S. The Kier molecular flexibility index (Phi) is 5.12. The largest absolute Gasteiger partial charge is 0.481 e. The fourth-order valence-electron chi connectivity index (χ4n) is 3.31. The van der Waals surface area contributed by atoms with E-state index in [1.165, 1.54) is 15.6 Å². The van der Waals surface area contributed by atoms with Crippen LogP contribution in [0.3, 0.4) is 0 Å². The summed E-state index contributed by atoms with van der Waals surface area (Å²) in [7, 11) is 0. The second kappa shape index (κ2) is 7.84. The lowest BCUT2D eigenvalue weighted by molar-refractivity contribution is -0.137. The quantitative estimate of drug-likeness (QED) is 0.584. The number of fused-ring (bicyclic) bond motifs is 2. The second-order valence-corrected chi connectivity index (χ2v) is 7.53. The summed E-state index contributed by atoms with van der Waals surface area (Å²) >= 11 is 1.76. The summed E-state index contributed by atoms with van der Waals surface area (Å²) in [4.78, 5) is 18.8. The van der Waals surface area contributed by atoms with Gasteiger partial charge in [-0.15, -0.1) is 0 Å². The molecule has 136 valence electrons. The van der Waals surface area contributed by atoms with E-state index in [-0.39, 0.29) is 6.42 Å². The van der Waals surface area contributed by atoms with Crippen LogP contribution in [0.4, 0.5) is 5.69 Å². The predicted molar refractivity (Wildman–Crippen MR) is 111 cm³/mol. The first-order valence-electron chi connectivity index (χ1n) is 9.04. The zero-order chi connectivity index (χ0) is 18.6. The molecular weight excluding hydrogens is 356 g/mol. The number of hydrogen-bond acceptors (Lipinski definition) is 4. The number of para-hydroxylation sites is 2. The number of aliphatic carboxylic acids is 1. The molecule has 5 heteroatoms. The summed E-state index contributed by atoms with van der Waals surface area (Å²) in [5.41, 5.74) is 3.33. The number of rotatable bonds is 6. The zero-order valence-corrected chi connectivity index (χ0v) is 15.7. The van der Waals surface area contributed by atoms with E-state index in [1.807, 2.05) is 30.5 Å². The first-order chi connectivity index (χ1) is 13.2. The molecule has 1 N–H and O–H groups in total. The van der Waals surface area contributed by atoms with Crippen molar-refractivity contribution in [1.29, 1.82) is 0 Å². The molecule has 2 aromatic carbocycles. The molecule has 0 radical (unpaired) electrons. The van der Waals surface area contributed by atoms with Gasteiger partial charge in [-0.1, -0.05) is 42.1 Å². The molecule has 0 fully saturated rings. The van der Waals surface area contributed by atoms with Crippen LogP contribution in [-0.2, 0) is 4.79 Å². The predicted octanol–water partition coefficient (Wildman–Crippen LogP) is 5.40.